The van der Waals surface area contributed by atoms with Gasteiger partial charge in [0.2, 0.25) is 0 Å². The molecule has 116 valence electrons. The van der Waals surface area contributed by atoms with E-state index in [0.717, 1.165) is 17.7 Å². The molecule has 5 heteroatoms. The third kappa shape index (κ3) is 6.79. The molecular weight excluding hydrogens is 268 g/mol. The van der Waals surface area contributed by atoms with Crippen LogP contribution in [0.15, 0.2) is 24.3 Å². The van der Waals surface area contributed by atoms with Gasteiger partial charge in [0.25, 0.3) is 0 Å². The SMILES string of the molecule is COc1cccc(CCNC(=O)C(=O)NCCC(C)C)c1. The number of carbonyl (C=O) groups excluding carboxylic acids is 2. The van der Waals surface area contributed by atoms with Gasteiger partial charge in [-0.05, 0) is 36.5 Å². The average Bonchev–Trinajstić information content (AvgIpc) is 2.46. The van der Waals surface area contributed by atoms with Gasteiger partial charge >= 0.3 is 11.8 Å². The Morgan fingerprint density at radius 2 is 1.81 bits per heavy atom. The van der Waals surface area contributed by atoms with E-state index in [4.69, 9.17) is 4.74 Å². The summed E-state index contributed by atoms with van der Waals surface area (Å²) in [6, 6.07) is 7.63. The number of amides is 2. The molecule has 0 spiro atoms. The van der Waals surface area contributed by atoms with Crippen molar-refractivity contribution in [3.05, 3.63) is 29.8 Å². The van der Waals surface area contributed by atoms with E-state index in [1.807, 2.05) is 24.3 Å². The Labute approximate surface area is 126 Å². The zero-order chi connectivity index (χ0) is 15.7. The highest BCUT2D eigenvalue weighted by Gasteiger charge is 2.12. The molecule has 0 saturated heterocycles. The molecule has 0 atom stereocenters. The van der Waals surface area contributed by atoms with Crippen LogP contribution in [0.1, 0.15) is 25.8 Å². The number of rotatable bonds is 7. The molecule has 0 aliphatic heterocycles. The minimum Gasteiger partial charge on any atom is -0.497 e. The lowest BCUT2D eigenvalue weighted by Crippen LogP contribution is -2.41. The van der Waals surface area contributed by atoms with Gasteiger partial charge in [0.15, 0.2) is 0 Å². The summed E-state index contributed by atoms with van der Waals surface area (Å²) in [4.78, 5) is 23.1. The van der Waals surface area contributed by atoms with Crippen LogP contribution in [-0.2, 0) is 16.0 Å². The summed E-state index contributed by atoms with van der Waals surface area (Å²) in [6.45, 7) is 5.09. The first-order valence-corrected chi connectivity index (χ1v) is 7.22. The topological polar surface area (TPSA) is 67.4 Å². The van der Waals surface area contributed by atoms with Gasteiger partial charge in [0, 0.05) is 13.1 Å². The standard InChI is InChI=1S/C16H24N2O3/c1-12(2)7-9-17-15(19)16(20)18-10-8-13-5-4-6-14(11-13)21-3/h4-6,11-12H,7-10H2,1-3H3,(H,17,19)(H,18,20). The molecule has 0 saturated carbocycles. The largest absolute Gasteiger partial charge is 0.497 e. The Balaban J connectivity index is 2.27. The van der Waals surface area contributed by atoms with Crippen LogP contribution in [0.5, 0.6) is 5.75 Å². The monoisotopic (exact) mass is 292 g/mol. The Morgan fingerprint density at radius 3 is 2.43 bits per heavy atom. The maximum Gasteiger partial charge on any atom is 0.309 e. The zero-order valence-corrected chi connectivity index (χ0v) is 12.9. The van der Waals surface area contributed by atoms with Gasteiger partial charge in [-0.2, -0.15) is 0 Å². The number of hydrogen-bond donors (Lipinski definition) is 2. The van der Waals surface area contributed by atoms with Gasteiger partial charge in [0.1, 0.15) is 5.75 Å². The van der Waals surface area contributed by atoms with Crippen molar-refractivity contribution in [2.75, 3.05) is 20.2 Å². The Hall–Kier alpha value is -2.04. The molecule has 5 nitrogen and oxygen atoms in total. The van der Waals surface area contributed by atoms with E-state index in [9.17, 15) is 9.59 Å². The average molecular weight is 292 g/mol. The first kappa shape index (κ1) is 17.0. The molecule has 1 aromatic rings. The first-order chi connectivity index (χ1) is 10.0. The third-order valence-corrected chi connectivity index (χ3v) is 3.05. The molecule has 0 radical (unpaired) electrons. The molecule has 2 N–H and O–H groups in total. The number of carbonyl (C=O) groups is 2. The van der Waals surface area contributed by atoms with Crippen LogP contribution in [0.3, 0.4) is 0 Å². The summed E-state index contributed by atoms with van der Waals surface area (Å²) in [6.07, 6.45) is 1.52. The van der Waals surface area contributed by atoms with Crippen molar-refractivity contribution in [1.29, 1.82) is 0 Å². The van der Waals surface area contributed by atoms with E-state index in [-0.39, 0.29) is 0 Å². The van der Waals surface area contributed by atoms with E-state index in [0.29, 0.717) is 25.4 Å². The predicted molar refractivity (Wildman–Crippen MR) is 82.2 cm³/mol. The lowest BCUT2D eigenvalue weighted by atomic mass is 10.1. The highest BCUT2D eigenvalue weighted by molar-refractivity contribution is 6.35. The smallest absolute Gasteiger partial charge is 0.309 e. The summed E-state index contributed by atoms with van der Waals surface area (Å²) in [5.41, 5.74) is 1.05. The Kier molecular flexibility index (Phi) is 7.29. The molecule has 2 amide bonds. The second-order valence-corrected chi connectivity index (χ2v) is 5.30. The molecule has 0 aliphatic carbocycles. The van der Waals surface area contributed by atoms with Gasteiger partial charge in [-0.25, -0.2) is 0 Å². The van der Waals surface area contributed by atoms with Crippen molar-refractivity contribution in [2.45, 2.75) is 26.7 Å². The number of nitrogens with one attached hydrogen (secondary N) is 2. The van der Waals surface area contributed by atoms with Crippen molar-refractivity contribution in [3.63, 3.8) is 0 Å². The quantitative estimate of drug-likeness (QED) is 0.749. The molecular formula is C16H24N2O3. The molecule has 0 heterocycles. The van der Waals surface area contributed by atoms with Crippen molar-refractivity contribution in [1.82, 2.24) is 10.6 Å². The predicted octanol–water partition coefficient (Wildman–Crippen LogP) is 1.52. The van der Waals surface area contributed by atoms with E-state index in [1.54, 1.807) is 7.11 Å². The van der Waals surface area contributed by atoms with Crippen LogP contribution in [0.25, 0.3) is 0 Å². The van der Waals surface area contributed by atoms with E-state index >= 15 is 0 Å². The lowest BCUT2D eigenvalue weighted by Gasteiger charge is -2.08. The minimum absolute atomic E-state index is 0.420. The second-order valence-electron chi connectivity index (χ2n) is 5.30. The maximum atomic E-state index is 11.6. The Morgan fingerprint density at radius 1 is 1.14 bits per heavy atom. The van der Waals surface area contributed by atoms with E-state index in [1.165, 1.54) is 0 Å². The number of methoxy groups -OCH3 is 1. The summed E-state index contributed by atoms with van der Waals surface area (Å²) in [5.74, 6) is 0.134. The van der Waals surface area contributed by atoms with E-state index < -0.39 is 11.8 Å². The summed E-state index contributed by atoms with van der Waals surface area (Å²) in [5, 5.41) is 5.22. The fourth-order valence-corrected chi connectivity index (χ4v) is 1.78. The van der Waals surface area contributed by atoms with Crippen molar-refractivity contribution in [2.24, 2.45) is 5.92 Å². The van der Waals surface area contributed by atoms with Crippen molar-refractivity contribution in [3.8, 4) is 5.75 Å². The molecule has 1 rings (SSSR count). The van der Waals surface area contributed by atoms with E-state index in [2.05, 4.69) is 24.5 Å². The summed E-state index contributed by atoms with van der Waals surface area (Å²) >= 11 is 0. The number of hydrogen-bond acceptors (Lipinski definition) is 3. The molecule has 0 aromatic heterocycles. The van der Waals surface area contributed by atoms with Crippen molar-refractivity contribution < 1.29 is 14.3 Å². The number of ether oxygens (including phenoxy) is 1. The van der Waals surface area contributed by atoms with Gasteiger partial charge < -0.3 is 15.4 Å². The van der Waals surface area contributed by atoms with Crippen LogP contribution in [-0.4, -0.2) is 32.0 Å². The van der Waals surface area contributed by atoms with Crippen molar-refractivity contribution >= 4 is 11.8 Å². The fraction of sp³-hybridized carbons (Fsp3) is 0.500. The lowest BCUT2D eigenvalue weighted by molar-refractivity contribution is -0.139. The molecule has 0 aliphatic rings. The minimum atomic E-state index is -0.582. The maximum absolute atomic E-state index is 11.6. The second kappa shape index (κ2) is 9.00. The van der Waals surface area contributed by atoms with Gasteiger partial charge in [-0.3, -0.25) is 9.59 Å². The molecule has 0 unspecified atom stereocenters. The van der Waals surface area contributed by atoms with Crippen LogP contribution >= 0.6 is 0 Å². The van der Waals surface area contributed by atoms with Crippen LogP contribution < -0.4 is 15.4 Å². The van der Waals surface area contributed by atoms with Gasteiger partial charge in [-0.1, -0.05) is 26.0 Å². The van der Waals surface area contributed by atoms with Gasteiger partial charge in [0.05, 0.1) is 7.11 Å². The normalized spacial score (nSPS) is 10.3. The highest BCUT2D eigenvalue weighted by atomic mass is 16.5. The molecule has 0 bridgehead atoms. The number of benzene rings is 1. The van der Waals surface area contributed by atoms with Crippen LogP contribution in [0.4, 0.5) is 0 Å². The summed E-state index contributed by atoms with van der Waals surface area (Å²) in [7, 11) is 1.61. The van der Waals surface area contributed by atoms with Crippen LogP contribution in [0, 0.1) is 5.92 Å². The Bertz CT molecular complexity index is 472. The molecule has 1 aromatic carbocycles. The van der Waals surface area contributed by atoms with Gasteiger partial charge in [-0.15, -0.1) is 0 Å². The summed E-state index contributed by atoms with van der Waals surface area (Å²) < 4.78 is 5.13. The zero-order valence-electron chi connectivity index (χ0n) is 12.9. The molecule has 21 heavy (non-hydrogen) atoms. The molecule has 0 fully saturated rings. The van der Waals surface area contributed by atoms with Crippen LogP contribution in [0.2, 0.25) is 0 Å². The highest BCUT2D eigenvalue weighted by Crippen LogP contribution is 2.12. The third-order valence-electron chi connectivity index (χ3n) is 3.05. The first-order valence-electron chi connectivity index (χ1n) is 7.22. The fourth-order valence-electron chi connectivity index (χ4n) is 1.78.